The Hall–Kier alpha value is -2.48. The van der Waals surface area contributed by atoms with E-state index in [2.05, 4.69) is 25.5 Å². The minimum Gasteiger partial charge on any atom is -0.477 e. The summed E-state index contributed by atoms with van der Waals surface area (Å²) in [6, 6.07) is 1.19. The summed E-state index contributed by atoms with van der Waals surface area (Å²) in [6.45, 7) is 3.77. The molecule has 8 nitrogen and oxygen atoms in total. The number of hydrogen-bond acceptors (Lipinski definition) is 5. The molecule has 0 saturated carbocycles. The third-order valence-electron chi connectivity index (χ3n) is 2.54. The Balaban J connectivity index is 2.23. The van der Waals surface area contributed by atoms with Crippen molar-refractivity contribution in [3.05, 3.63) is 34.5 Å². The summed E-state index contributed by atoms with van der Waals surface area (Å²) >= 11 is 5.91. The number of aromatic amines is 1. The monoisotopic (exact) mass is 309 g/mol. The lowest BCUT2D eigenvalue weighted by atomic mass is 10.2. The summed E-state index contributed by atoms with van der Waals surface area (Å²) < 4.78 is 0. The first-order valence-electron chi connectivity index (χ1n) is 6.01. The molecule has 0 aliphatic carbocycles. The van der Waals surface area contributed by atoms with Crippen LogP contribution in [0.5, 0.6) is 0 Å². The third kappa shape index (κ3) is 3.34. The van der Waals surface area contributed by atoms with Crippen LogP contribution in [0.15, 0.2) is 12.3 Å². The van der Waals surface area contributed by atoms with Gasteiger partial charge in [0, 0.05) is 12.0 Å². The minimum absolute atomic E-state index is 0.00948. The van der Waals surface area contributed by atoms with Crippen LogP contribution in [0.1, 0.15) is 46.6 Å². The van der Waals surface area contributed by atoms with Crippen molar-refractivity contribution in [3.8, 4) is 0 Å². The average Bonchev–Trinajstić information content (AvgIpc) is 2.87. The van der Waals surface area contributed by atoms with Gasteiger partial charge in [0.1, 0.15) is 11.5 Å². The highest BCUT2D eigenvalue weighted by atomic mass is 35.5. The van der Waals surface area contributed by atoms with E-state index in [1.165, 1.54) is 12.3 Å². The Morgan fingerprint density at radius 2 is 2.14 bits per heavy atom. The predicted molar refractivity (Wildman–Crippen MR) is 74.6 cm³/mol. The van der Waals surface area contributed by atoms with Crippen molar-refractivity contribution in [2.45, 2.75) is 19.8 Å². The number of rotatable bonds is 4. The molecule has 21 heavy (non-hydrogen) atoms. The number of nitrogens with zero attached hydrogens (tertiary/aromatic N) is 3. The zero-order valence-electron chi connectivity index (χ0n) is 11.2. The molecular weight excluding hydrogens is 298 g/mol. The molecule has 1 amide bonds. The third-order valence-corrected chi connectivity index (χ3v) is 2.82. The molecule has 2 heterocycles. The summed E-state index contributed by atoms with van der Waals surface area (Å²) in [6.07, 6.45) is 1.35. The summed E-state index contributed by atoms with van der Waals surface area (Å²) in [7, 11) is 0. The van der Waals surface area contributed by atoms with Crippen LogP contribution in [0.25, 0.3) is 0 Å². The van der Waals surface area contributed by atoms with E-state index in [4.69, 9.17) is 16.7 Å². The van der Waals surface area contributed by atoms with Gasteiger partial charge in [-0.3, -0.25) is 9.89 Å². The van der Waals surface area contributed by atoms with Gasteiger partial charge < -0.3 is 10.4 Å². The van der Waals surface area contributed by atoms with Gasteiger partial charge in [0.2, 0.25) is 0 Å². The molecule has 2 aromatic heterocycles. The number of hydrogen-bond donors (Lipinski definition) is 3. The van der Waals surface area contributed by atoms with Gasteiger partial charge in [0.15, 0.2) is 11.5 Å². The topological polar surface area (TPSA) is 121 Å². The lowest BCUT2D eigenvalue weighted by molar-refractivity contribution is 0.0690. The fraction of sp³-hybridized carbons (Fsp3) is 0.250. The second kappa shape index (κ2) is 5.88. The van der Waals surface area contributed by atoms with Crippen LogP contribution in [0.2, 0.25) is 5.02 Å². The largest absolute Gasteiger partial charge is 0.477 e. The van der Waals surface area contributed by atoms with Crippen LogP contribution in [0.3, 0.4) is 0 Å². The Kier molecular flexibility index (Phi) is 4.18. The van der Waals surface area contributed by atoms with Gasteiger partial charge in [0.25, 0.3) is 5.91 Å². The standard InChI is InChI=1S/C12H12ClN5O3/c1-5(2)10-14-4-6(13)9(16-10)11(19)15-8-3-7(12(20)21)17-18-8/h3-5H,1-2H3,(H,20,21)(H2,15,17,18,19). The fourth-order valence-corrected chi connectivity index (χ4v) is 1.67. The van der Waals surface area contributed by atoms with Crippen molar-refractivity contribution in [3.63, 3.8) is 0 Å². The van der Waals surface area contributed by atoms with E-state index < -0.39 is 11.9 Å². The molecule has 2 aromatic rings. The highest BCUT2D eigenvalue weighted by molar-refractivity contribution is 6.33. The number of carbonyl (C=O) groups excluding carboxylic acids is 1. The molecule has 0 spiro atoms. The Labute approximate surface area is 124 Å². The molecule has 0 aliphatic heterocycles. The zero-order chi connectivity index (χ0) is 15.6. The highest BCUT2D eigenvalue weighted by Gasteiger charge is 2.17. The van der Waals surface area contributed by atoms with Crippen LogP contribution in [0, 0.1) is 0 Å². The van der Waals surface area contributed by atoms with Gasteiger partial charge in [-0.05, 0) is 0 Å². The Bertz CT molecular complexity index is 698. The second-order valence-electron chi connectivity index (χ2n) is 4.51. The van der Waals surface area contributed by atoms with Crippen LogP contribution in [-0.4, -0.2) is 37.1 Å². The Morgan fingerprint density at radius 3 is 2.71 bits per heavy atom. The van der Waals surface area contributed by atoms with Crippen LogP contribution in [-0.2, 0) is 0 Å². The molecule has 0 unspecified atom stereocenters. The molecule has 0 bridgehead atoms. The van der Waals surface area contributed by atoms with E-state index in [-0.39, 0.29) is 28.1 Å². The first-order valence-corrected chi connectivity index (χ1v) is 6.38. The van der Waals surface area contributed by atoms with Crippen molar-refractivity contribution < 1.29 is 14.7 Å². The van der Waals surface area contributed by atoms with E-state index in [9.17, 15) is 9.59 Å². The maximum absolute atomic E-state index is 12.1. The van der Waals surface area contributed by atoms with Crippen molar-refractivity contribution in [2.75, 3.05) is 5.32 Å². The SMILES string of the molecule is CC(C)c1ncc(Cl)c(C(=O)Nc2cc(C(=O)O)[nH]n2)n1. The lowest BCUT2D eigenvalue weighted by Crippen LogP contribution is -2.16. The summed E-state index contributed by atoms with van der Waals surface area (Å²) in [5.41, 5.74) is -0.128. The van der Waals surface area contributed by atoms with Crippen LogP contribution in [0.4, 0.5) is 5.82 Å². The number of carbonyl (C=O) groups is 2. The first kappa shape index (κ1) is 14.9. The predicted octanol–water partition coefficient (Wildman–Crippen LogP) is 1.93. The van der Waals surface area contributed by atoms with E-state index in [0.29, 0.717) is 5.82 Å². The quantitative estimate of drug-likeness (QED) is 0.793. The summed E-state index contributed by atoms with van der Waals surface area (Å²) in [5, 5.41) is 17.2. The average molecular weight is 310 g/mol. The van der Waals surface area contributed by atoms with Crippen LogP contribution < -0.4 is 5.32 Å². The number of amides is 1. The molecule has 0 aliphatic rings. The molecule has 0 saturated heterocycles. The molecule has 0 atom stereocenters. The molecule has 3 N–H and O–H groups in total. The van der Waals surface area contributed by atoms with Gasteiger partial charge in [-0.25, -0.2) is 14.8 Å². The van der Waals surface area contributed by atoms with Crippen LogP contribution >= 0.6 is 11.6 Å². The number of nitrogens with one attached hydrogen (secondary N) is 2. The van der Waals surface area contributed by atoms with Crippen molar-refractivity contribution in [2.24, 2.45) is 0 Å². The van der Waals surface area contributed by atoms with E-state index >= 15 is 0 Å². The normalized spacial score (nSPS) is 10.7. The summed E-state index contributed by atoms with van der Waals surface area (Å²) in [5.74, 6) is -1.17. The number of carboxylic acid groups (broad SMARTS) is 1. The number of halogens is 1. The molecule has 0 aromatic carbocycles. The van der Waals surface area contributed by atoms with E-state index in [0.717, 1.165) is 0 Å². The number of anilines is 1. The number of aromatic carboxylic acids is 1. The molecule has 110 valence electrons. The lowest BCUT2D eigenvalue weighted by Gasteiger charge is -2.07. The molecule has 2 rings (SSSR count). The van der Waals surface area contributed by atoms with Gasteiger partial charge >= 0.3 is 5.97 Å². The van der Waals surface area contributed by atoms with Gasteiger partial charge in [-0.1, -0.05) is 25.4 Å². The Morgan fingerprint density at radius 1 is 1.43 bits per heavy atom. The second-order valence-corrected chi connectivity index (χ2v) is 4.91. The van der Waals surface area contributed by atoms with E-state index in [1.54, 1.807) is 0 Å². The summed E-state index contributed by atoms with van der Waals surface area (Å²) in [4.78, 5) is 31.0. The first-order chi connectivity index (χ1) is 9.88. The fourth-order valence-electron chi connectivity index (χ4n) is 1.49. The zero-order valence-corrected chi connectivity index (χ0v) is 12.0. The maximum Gasteiger partial charge on any atom is 0.353 e. The number of H-pyrrole nitrogens is 1. The van der Waals surface area contributed by atoms with Crippen molar-refractivity contribution >= 4 is 29.3 Å². The maximum atomic E-state index is 12.1. The molecule has 0 radical (unpaired) electrons. The minimum atomic E-state index is -1.18. The van der Waals surface area contributed by atoms with Crippen molar-refractivity contribution in [1.82, 2.24) is 20.2 Å². The van der Waals surface area contributed by atoms with Gasteiger partial charge in [0.05, 0.1) is 11.2 Å². The van der Waals surface area contributed by atoms with E-state index in [1.807, 2.05) is 13.8 Å². The van der Waals surface area contributed by atoms with Crippen molar-refractivity contribution in [1.29, 1.82) is 0 Å². The number of aromatic nitrogens is 4. The molecule has 9 heteroatoms. The number of carboxylic acids is 1. The highest BCUT2D eigenvalue weighted by Crippen LogP contribution is 2.17. The molecular formula is C12H12ClN5O3. The molecule has 0 fully saturated rings. The smallest absolute Gasteiger partial charge is 0.353 e. The van der Waals surface area contributed by atoms with Gasteiger partial charge in [-0.15, -0.1) is 0 Å². The van der Waals surface area contributed by atoms with Gasteiger partial charge in [-0.2, -0.15) is 5.10 Å².